The first-order valence-electron chi connectivity index (χ1n) is 13.7. The van der Waals surface area contributed by atoms with Crippen molar-refractivity contribution in [3.63, 3.8) is 0 Å². The Morgan fingerprint density at radius 3 is 2.54 bits per heavy atom. The number of fused-ring (bicyclic) bond motifs is 1. The zero-order valence-electron chi connectivity index (χ0n) is 23.2. The van der Waals surface area contributed by atoms with Crippen molar-refractivity contribution >= 4 is 29.3 Å². The van der Waals surface area contributed by atoms with Crippen LogP contribution in [-0.2, 0) is 11.3 Å². The highest BCUT2D eigenvalue weighted by Crippen LogP contribution is 2.52. The maximum atomic E-state index is 13.2. The molecule has 3 heterocycles. The van der Waals surface area contributed by atoms with Gasteiger partial charge in [-0.1, -0.05) is 11.6 Å². The molecular formula is C29H38ClN3O5S. The number of aryl methyl sites for hydroxylation is 1. The van der Waals surface area contributed by atoms with Crippen LogP contribution in [0.4, 0.5) is 0 Å². The van der Waals surface area contributed by atoms with Gasteiger partial charge in [0.25, 0.3) is 17.3 Å². The molecule has 2 N–H and O–H groups in total. The van der Waals surface area contributed by atoms with Crippen LogP contribution in [0.1, 0.15) is 59.8 Å². The van der Waals surface area contributed by atoms with E-state index >= 15 is 0 Å². The highest BCUT2D eigenvalue weighted by Gasteiger charge is 2.47. The maximum Gasteiger partial charge on any atom is 0.254 e. The third-order valence-corrected chi connectivity index (χ3v) is 9.46. The molecule has 5 rings (SSSR count). The van der Waals surface area contributed by atoms with E-state index in [1.54, 1.807) is 6.07 Å². The molecule has 1 aliphatic carbocycles. The summed E-state index contributed by atoms with van der Waals surface area (Å²) in [4.78, 5) is 31.9. The number of H-pyrrole nitrogens is 1. The maximum absolute atomic E-state index is 13.2. The van der Waals surface area contributed by atoms with Crippen LogP contribution in [0, 0.1) is 25.7 Å². The molecule has 3 aliphatic rings. The molecule has 8 nitrogen and oxygen atoms in total. The Morgan fingerprint density at radius 2 is 1.85 bits per heavy atom. The van der Waals surface area contributed by atoms with Crippen LogP contribution in [0.15, 0.2) is 21.8 Å². The Labute approximate surface area is 239 Å². The van der Waals surface area contributed by atoms with Crippen LogP contribution in [-0.4, -0.2) is 60.7 Å². The molecule has 0 radical (unpaired) electrons. The zero-order chi connectivity index (χ0) is 27.7. The number of rotatable bonds is 7. The third kappa shape index (κ3) is 5.97. The molecule has 2 aliphatic heterocycles. The van der Waals surface area contributed by atoms with Crippen molar-refractivity contribution in [1.29, 1.82) is 0 Å². The Kier molecular flexibility index (Phi) is 8.52. The number of amides is 1. The number of nitrogens with zero attached hydrogens (tertiary/aromatic N) is 1. The van der Waals surface area contributed by atoms with Gasteiger partial charge in [0.1, 0.15) is 0 Å². The number of hydrogen-bond acceptors (Lipinski definition) is 7. The molecule has 0 unspecified atom stereocenters. The van der Waals surface area contributed by atoms with E-state index in [9.17, 15) is 9.59 Å². The monoisotopic (exact) mass is 575 g/mol. The predicted octanol–water partition coefficient (Wildman–Crippen LogP) is 4.92. The summed E-state index contributed by atoms with van der Waals surface area (Å²) >= 11 is 8.12. The Morgan fingerprint density at radius 1 is 1.15 bits per heavy atom. The van der Waals surface area contributed by atoms with E-state index in [0.717, 1.165) is 69.1 Å². The van der Waals surface area contributed by atoms with Crippen molar-refractivity contribution in [3.05, 3.63) is 49.9 Å². The standard InChI is InChI=1S/C29H38ClN3O5S/c1-17-13-24(39-4)22(28(35)32-17)15-31-27(34)21-14-23(30)26-25(18(21)2)37-29(3,38-26)20-7-5-19(6-8-20)16-33-9-11-36-12-10-33/h13-14,19-20H,5-12,15-16H2,1-4H3,(H,31,34)(H,32,35)/t19-,20-,29-/m1/s1. The number of nitrogens with one attached hydrogen (secondary N) is 2. The molecule has 2 aromatic rings. The van der Waals surface area contributed by atoms with Crippen molar-refractivity contribution in [2.45, 2.75) is 63.7 Å². The van der Waals surface area contributed by atoms with E-state index < -0.39 is 5.79 Å². The molecule has 1 atom stereocenters. The number of aromatic amines is 1. The fourth-order valence-corrected chi connectivity index (χ4v) is 7.01. The van der Waals surface area contributed by atoms with Crippen molar-refractivity contribution in [1.82, 2.24) is 15.2 Å². The lowest BCUT2D eigenvalue weighted by Crippen LogP contribution is -2.46. The van der Waals surface area contributed by atoms with Crippen molar-refractivity contribution in [2.75, 3.05) is 39.1 Å². The lowest BCUT2D eigenvalue weighted by Gasteiger charge is -2.39. The van der Waals surface area contributed by atoms with Gasteiger partial charge in [0.15, 0.2) is 11.5 Å². The van der Waals surface area contributed by atoms with Crippen LogP contribution < -0.4 is 20.3 Å². The molecule has 1 saturated carbocycles. The number of halogens is 1. The Balaban J connectivity index is 1.25. The number of benzene rings is 1. The van der Waals surface area contributed by atoms with Gasteiger partial charge in [-0.2, -0.15) is 0 Å². The van der Waals surface area contributed by atoms with E-state index in [-0.39, 0.29) is 23.9 Å². The molecule has 0 spiro atoms. The molecule has 212 valence electrons. The zero-order valence-corrected chi connectivity index (χ0v) is 24.7. The number of hydrogen-bond donors (Lipinski definition) is 2. The average Bonchev–Trinajstić information content (AvgIpc) is 3.30. The summed E-state index contributed by atoms with van der Waals surface area (Å²) < 4.78 is 18.4. The van der Waals surface area contributed by atoms with Gasteiger partial charge in [-0.05, 0) is 63.8 Å². The topological polar surface area (TPSA) is 92.9 Å². The molecule has 1 amide bonds. The Bertz CT molecular complexity index is 1290. The highest BCUT2D eigenvalue weighted by atomic mass is 35.5. The minimum Gasteiger partial charge on any atom is -0.448 e. The second-order valence-corrected chi connectivity index (χ2v) is 12.3. The summed E-state index contributed by atoms with van der Waals surface area (Å²) in [5.41, 5.74) is 2.21. The quantitative estimate of drug-likeness (QED) is 0.453. The summed E-state index contributed by atoms with van der Waals surface area (Å²) in [7, 11) is 0. The van der Waals surface area contributed by atoms with E-state index in [1.165, 1.54) is 11.8 Å². The minimum atomic E-state index is -0.821. The highest BCUT2D eigenvalue weighted by molar-refractivity contribution is 7.98. The summed E-state index contributed by atoms with van der Waals surface area (Å²) in [6, 6.07) is 3.54. The first-order valence-corrected chi connectivity index (χ1v) is 15.3. The lowest BCUT2D eigenvalue weighted by molar-refractivity contribution is -0.123. The summed E-state index contributed by atoms with van der Waals surface area (Å²) in [5.74, 6) is 0.812. The summed E-state index contributed by atoms with van der Waals surface area (Å²) in [6.07, 6.45) is 6.22. The van der Waals surface area contributed by atoms with Crippen molar-refractivity contribution in [2.24, 2.45) is 11.8 Å². The first-order chi connectivity index (χ1) is 18.7. The number of pyridine rings is 1. The summed E-state index contributed by atoms with van der Waals surface area (Å²) in [5, 5.41) is 3.24. The fourth-order valence-electron chi connectivity index (χ4n) is 6.07. The number of aromatic nitrogens is 1. The van der Waals surface area contributed by atoms with Gasteiger partial charge >= 0.3 is 0 Å². The van der Waals surface area contributed by atoms with E-state index in [2.05, 4.69) is 15.2 Å². The second-order valence-electron chi connectivity index (χ2n) is 11.1. The second kappa shape index (κ2) is 11.7. The molecular weight excluding hydrogens is 538 g/mol. The van der Waals surface area contributed by atoms with Crippen LogP contribution in [0.3, 0.4) is 0 Å². The SMILES string of the molecule is CSc1cc(C)[nH]c(=O)c1CNC(=O)c1cc(Cl)c2c(c1C)O[C@@](C)([C@H]1CC[C@H](CN3CCOCC3)CC1)O2. The van der Waals surface area contributed by atoms with Crippen LogP contribution in [0.2, 0.25) is 5.02 Å². The van der Waals surface area contributed by atoms with Gasteiger partial charge in [-0.25, -0.2) is 0 Å². The molecule has 2 fully saturated rings. The smallest absolute Gasteiger partial charge is 0.254 e. The average molecular weight is 576 g/mol. The lowest BCUT2D eigenvalue weighted by atomic mass is 9.78. The van der Waals surface area contributed by atoms with Crippen LogP contribution in [0.25, 0.3) is 0 Å². The van der Waals surface area contributed by atoms with E-state index in [1.807, 2.05) is 33.1 Å². The Hall–Kier alpha value is -2.20. The van der Waals surface area contributed by atoms with Crippen LogP contribution >= 0.6 is 23.4 Å². The molecule has 1 saturated heterocycles. The third-order valence-electron chi connectivity index (χ3n) is 8.38. The molecule has 10 heteroatoms. The predicted molar refractivity (Wildman–Crippen MR) is 153 cm³/mol. The molecule has 0 bridgehead atoms. The molecule has 1 aromatic heterocycles. The van der Waals surface area contributed by atoms with Crippen LogP contribution in [0.5, 0.6) is 11.5 Å². The van der Waals surface area contributed by atoms with Gasteiger partial charge in [0.2, 0.25) is 0 Å². The molecule has 1 aromatic carbocycles. The minimum absolute atomic E-state index is 0.113. The number of ether oxygens (including phenoxy) is 3. The molecule has 39 heavy (non-hydrogen) atoms. The fraction of sp³-hybridized carbons (Fsp3) is 0.586. The number of thioether (sulfide) groups is 1. The van der Waals surface area contributed by atoms with Gasteiger partial charge in [0.05, 0.1) is 18.2 Å². The first kappa shape index (κ1) is 28.3. The number of carbonyl (C=O) groups excluding carboxylic acids is 1. The largest absolute Gasteiger partial charge is 0.448 e. The normalized spacial score (nSPS) is 25.1. The summed E-state index contributed by atoms with van der Waals surface area (Å²) in [6.45, 7) is 10.6. The van der Waals surface area contributed by atoms with Gasteiger partial charge in [-0.15, -0.1) is 11.8 Å². The number of morpholine rings is 1. The van der Waals surface area contributed by atoms with E-state index in [0.29, 0.717) is 39.1 Å². The van der Waals surface area contributed by atoms with Gasteiger partial charge in [-0.3, -0.25) is 14.5 Å². The van der Waals surface area contributed by atoms with Crippen molar-refractivity contribution < 1.29 is 19.0 Å². The van der Waals surface area contributed by atoms with Gasteiger partial charge in [0, 0.05) is 66.3 Å². The van der Waals surface area contributed by atoms with E-state index in [4.69, 9.17) is 25.8 Å². The van der Waals surface area contributed by atoms with Crippen molar-refractivity contribution in [3.8, 4) is 11.5 Å². The van der Waals surface area contributed by atoms with Gasteiger partial charge < -0.3 is 24.5 Å². The number of carbonyl (C=O) groups is 1.